The van der Waals surface area contributed by atoms with Crippen LogP contribution >= 0.6 is 11.5 Å². The van der Waals surface area contributed by atoms with Gasteiger partial charge in [-0.2, -0.15) is 0 Å². The summed E-state index contributed by atoms with van der Waals surface area (Å²) >= 11 is 1.09. The molecule has 4 rings (SSSR count). The molecule has 1 atom stereocenters. The summed E-state index contributed by atoms with van der Waals surface area (Å²) in [6.45, 7) is 1.94. The molecule has 0 spiro atoms. The van der Waals surface area contributed by atoms with E-state index < -0.39 is 11.9 Å². The fraction of sp³-hybridized carbons (Fsp3) is 0.333. The molecule has 2 aromatic heterocycles. The first-order valence-electron chi connectivity index (χ1n) is 9.64. The normalized spacial score (nSPS) is 15.2. The molecule has 3 aromatic rings. The van der Waals surface area contributed by atoms with Gasteiger partial charge in [0.15, 0.2) is 11.7 Å². The maximum atomic E-state index is 13.4. The lowest BCUT2D eigenvalue weighted by molar-refractivity contribution is -0.123. The van der Waals surface area contributed by atoms with Gasteiger partial charge >= 0.3 is 0 Å². The second-order valence-electron chi connectivity index (χ2n) is 7.21. The number of amides is 2. The van der Waals surface area contributed by atoms with Crippen molar-refractivity contribution in [2.75, 3.05) is 4.90 Å². The number of nitrogens with one attached hydrogen (secondary N) is 1. The molecule has 0 unspecified atom stereocenters. The van der Waals surface area contributed by atoms with E-state index in [4.69, 9.17) is 4.42 Å². The van der Waals surface area contributed by atoms with Crippen LogP contribution in [-0.2, 0) is 4.79 Å². The van der Waals surface area contributed by atoms with Gasteiger partial charge in [-0.15, -0.1) is 5.10 Å². The molecule has 1 aliphatic rings. The summed E-state index contributed by atoms with van der Waals surface area (Å²) in [6.07, 6.45) is 5.60. The van der Waals surface area contributed by atoms with Crippen LogP contribution in [0.25, 0.3) is 0 Å². The molecule has 0 saturated heterocycles. The van der Waals surface area contributed by atoms with Gasteiger partial charge in [0.25, 0.3) is 11.8 Å². The van der Waals surface area contributed by atoms with Crippen LogP contribution in [0.2, 0.25) is 0 Å². The molecule has 1 saturated carbocycles. The fourth-order valence-corrected chi connectivity index (χ4v) is 4.14. The second kappa shape index (κ2) is 8.57. The van der Waals surface area contributed by atoms with Crippen molar-refractivity contribution < 1.29 is 14.0 Å². The van der Waals surface area contributed by atoms with Crippen LogP contribution in [-0.4, -0.2) is 27.4 Å². The van der Waals surface area contributed by atoms with Crippen molar-refractivity contribution >= 4 is 29.0 Å². The number of carbonyl (C=O) groups is 2. The van der Waals surface area contributed by atoms with Gasteiger partial charge in [-0.3, -0.25) is 14.5 Å². The highest BCUT2D eigenvalue weighted by atomic mass is 32.1. The van der Waals surface area contributed by atoms with E-state index in [0.29, 0.717) is 11.4 Å². The highest BCUT2D eigenvalue weighted by molar-refractivity contribution is 7.03. The SMILES string of the molecule is Cc1cccc(N(C(=O)c2csnn2)[C@@H](C(=O)NC2CCCC2)c2ccco2)c1. The number of aryl methyl sites for hydroxylation is 1. The van der Waals surface area contributed by atoms with Crippen molar-refractivity contribution in [2.45, 2.75) is 44.7 Å². The van der Waals surface area contributed by atoms with Crippen molar-refractivity contribution in [1.29, 1.82) is 0 Å². The molecule has 2 amide bonds. The Morgan fingerprint density at radius 1 is 1.24 bits per heavy atom. The molecule has 1 N–H and O–H groups in total. The summed E-state index contributed by atoms with van der Waals surface area (Å²) in [6, 6.07) is 10.1. The lowest BCUT2D eigenvalue weighted by Crippen LogP contribution is -2.46. The molecule has 1 fully saturated rings. The quantitative estimate of drug-likeness (QED) is 0.666. The monoisotopic (exact) mass is 410 g/mol. The molecule has 150 valence electrons. The smallest absolute Gasteiger partial charge is 0.280 e. The summed E-state index contributed by atoms with van der Waals surface area (Å²) in [5.74, 6) is -0.254. The van der Waals surface area contributed by atoms with Crippen molar-refractivity contribution in [3.63, 3.8) is 0 Å². The number of aromatic nitrogens is 2. The van der Waals surface area contributed by atoms with Gasteiger partial charge in [0.1, 0.15) is 5.76 Å². The van der Waals surface area contributed by atoms with Crippen LogP contribution < -0.4 is 10.2 Å². The molecular weight excluding hydrogens is 388 g/mol. The molecule has 0 radical (unpaired) electrons. The third-order valence-corrected chi connectivity index (χ3v) is 5.60. The number of nitrogens with zero attached hydrogens (tertiary/aromatic N) is 3. The molecule has 1 aromatic carbocycles. The van der Waals surface area contributed by atoms with E-state index in [1.165, 1.54) is 11.2 Å². The summed E-state index contributed by atoms with van der Waals surface area (Å²) in [4.78, 5) is 28.2. The number of hydrogen-bond donors (Lipinski definition) is 1. The maximum absolute atomic E-state index is 13.4. The van der Waals surface area contributed by atoms with Gasteiger partial charge in [-0.05, 0) is 61.1 Å². The Kier molecular flexibility index (Phi) is 5.71. The van der Waals surface area contributed by atoms with Crippen LogP contribution in [0.15, 0.2) is 52.5 Å². The number of hydrogen-bond acceptors (Lipinski definition) is 6. The molecule has 29 heavy (non-hydrogen) atoms. The van der Waals surface area contributed by atoms with Crippen molar-refractivity contribution in [3.8, 4) is 0 Å². The number of benzene rings is 1. The number of carbonyl (C=O) groups excluding carboxylic acids is 2. The van der Waals surface area contributed by atoms with Gasteiger partial charge in [0.2, 0.25) is 0 Å². The first-order chi connectivity index (χ1) is 14.1. The molecule has 8 heteroatoms. The molecule has 1 aliphatic carbocycles. The van der Waals surface area contributed by atoms with E-state index in [0.717, 1.165) is 42.8 Å². The summed E-state index contributed by atoms with van der Waals surface area (Å²) in [5, 5.41) is 8.61. The zero-order valence-corrected chi connectivity index (χ0v) is 16.9. The van der Waals surface area contributed by atoms with Crippen molar-refractivity contribution in [2.24, 2.45) is 0 Å². The number of furan rings is 1. The Bertz CT molecular complexity index is 966. The van der Waals surface area contributed by atoms with Crippen LogP contribution in [0, 0.1) is 6.92 Å². The average molecular weight is 410 g/mol. The van der Waals surface area contributed by atoms with Crippen LogP contribution in [0.5, 0.6) is 0 Å². The Balaban J connectivity index is 1.77. The Labute approximate surface area is 172 Å². The average Bonchev–Trinajstić information content (AvgIpc) is 3.49. The standard InChI is InChI=1S/C21H22N4O3S/c1-14-6-4-9-16(12-14)25(21(27)17-13-29-24-23-17)19(18-10-5-11-28-18)20(26)22-15-7-2-3-8-15/h4-6,9-13,15,19H,2-3,7-8H2,1H3,(H,22,26)/t19-/m1/s1. The van der Waals surface area contributed by atoms with Gasteiger partial charge in [-0.1, -0.05) is 29.5 Å². The minimum Gasteiger partial charge on any atom is -0.467 e. The summed E-state index contributed by atoms with van der Waals surface area (Å²) < 4.78 is 9.40. The lowest BCUT2D eigenvalue weighted by atomic mass is 10.1. The van der Waals surface area contributed by atoms with Gasteiger partial charge in [0, 0.05) is 17.1 Å². The van der Waals surface area contributed by atoms with Crippen molar-refractivity contribution in [3.05, 3.63) is 65.1 Å². The molecule has 0 aliphatic heterocycles. The summed E-state index contributed by atoms with van der Waals surface area (Å²) in [7, 11) is 0. The second-order valence-corrected chi connectivity index (χ2v) is 7.82. The Hall–Kier alpha value is -3.00. The molecule has 7 nitrogen and oxygen atoms in total. The minimum absolute atomic E-state index is 0.121. The predicted octanol–water partition coefficient (Wildman–Crippen LogP) is 3.89. The third-order valence-electron chi connectivity index (χ3n) is 5.10. The van der Waals surface area contributed by atoms with Crippen LogP contribution in [0.4, 0.5) is 5.69 Å². The molecule has 0 bridgehead atoms. The fourth-order valence-electron chi connectivity index (χ4n) is 3.71. The van der Waals surface area contributed by atoms with E-state index in [9.17, 15) is 9.59 Å². The summed E-state index contributed by atoms with van der Waals surface area (Å²) in [5.41, 5.74) is 1.78. The number of anilines is 1. The van der Waals surface area contributed by atoms with Crippen LogP contribution in [0.3, 0.4) is 0 Å². The van der Waals surface area contributed by atoms with Crippen molar-refractivity contribution in [1.82, 2.24) is 14.9 Å². The van der Waals surface area contributed by atoms with E-state index in [-0.39, 0.29) is 17.6 Å². The third kappa shape index (κ3) is 4.22. The van der Waals surface area contributed by atoms with Gasteiger partial charge < -0.3 is 9.73 Å². The van der Waals surface area contributed by atoms with Gasteiger partial charge in [0.05, 0.1) is 6.26 Å². The molecule has 2 heterocycles. The lowest BCUT2D eigenvalue weighted by Gasteiger charge is -2.30. The highest BCUT2D eigenvalue weighted by Crippen LogP contribution is 2.31. The maximum Gasteiger partial charge on any atom is 0.280 e. The van der Waals surface area contributed by atoms with Gasteiger partial charge in [-0.25, -0.2) is 0 Å². The Morgan fingerprint density at radius 3 is 2.72 bits per heavy atom. The first kappa shape index (κ1) is 19.3. The largest absolute Gasteiger partial charge is 0.467 e. The van der Waals surface area contributed by atoms with E-state index in [2.05, 4.69) is 14.9 Å². The van der Waals surface area contributed by atoms with E-state index in [1.54, 1.807) is 17.5 Å². The minimum atomic E-state index is -0.943. The topological polar surface area (TPSA) is 88.3 Å². The van der Waals surface area contributed by atoms with E-state index >= 15 is 0 Å². The highest BCUT2D eigenvalue weighted by Gasteiger charge is 2.37. The molecular formula is C21H22N4O3S. The van der Waals surface area contributed by atoms with Crippen LogP contribution in [0.1, 0.15) is 53.5 Å². The zero-order valence-electron chi connectivity index (χ0n) is 16.1. The first-order valence-corrected chi connectivity index (χ1v) is 10.5. The zero-order chi connectivity index (χ0) is 20.2. The van der Waals surface area contributed by atoms with E-state index in [1.807, 2.05) is 31.2 Å². The Morgan fingerprint density at radius 2 is 2.07 bits per heavy atom. The predicted molar refractivity (Wildman–Crippen MR) is 110 cm³/mol. The number of rotatable bonds is 6.